The van der Waals surface area contributed by atoms with Crippen molar-refractivity contribution in [2.24, 2.45) is 0 Å². The van der Waals surface area contributed by atoms with Gasteiger partial charge in [-0.25, -0.2) is 4.79 Å². The smallest absolute Gasteiger partial charge is 0.339 e. The van der Waals surface area contributed by atoms with Crippen LogP contribution in [0.15, 0.2) is 53.4 Å². The number of aromatic carboxylic acids is 1. The van der Waals surface area contributed by atoms with Crippen LogP contribution >= 0.6 is 24.0 Å². The number of thioether (sulfide) groups is 1. The molecule has 0 unspecified atom stereocenters. The second kappa shape index (κ2) is 9.55. The molecule has 0 radical (unpaired) electrons. The number of carboxylic acid groups (broad SMARTS) is 1. The van der Waals surface area contributed by atoms with E-state index in [1.165, 1.54) is 34.9 Å². The summed E-state index contributed by atoms with van der Waals surface area (Å²) in [5.74, 6) is -2.18. The van der Waals surface area contributed by atoms with Crippen LogP contribution in [0.25, 0.3) is 6.08 Å². The van der Waals surface area contributed by atoms with Gasteiger partial charge in [-0.1, -0.05) is 54.3 Å². The number of amides is 2. The molecule has 0 saturated carbocycles. The minimum atomic E-state index is -1.25. The molecular formula is C21H18N2O5S2. The van der Waals surface area contributed by atoms with E-state index in [9.17, 15) is 19.5 Å². The maximum absolute atomic E-state index is 12.6. The van der Waals surface area contributed by atoms with Crippen molar-refractivity contribution in [3.05, 3.63) is 64.6 Å². The Bertz CT molecular complexity index is 1040. The summed E-state index contributed by atoms with van der Waals surface area (Å²) >= 11 is 6.53. The first-order valence-corrected chi connectivity index (χ1v) is 10.2. The normalized spacial score (nSPS) is 14.9. The summed E-state index contributed by atoms with van der Waals surface area (Å²) in [6.07, 6.45) is 2.32. The van der Waals surface area contributed by atoms with E-state index >= 15 is 0 Å². The van der Waals surface area contributed by atoms with Gasteiger partial charge in [0.25, 0.3) is 5.91 Å². The Balaban J connectivity index is 1.52. The standard InChI is InChI=1S/C21H18N2O5S2/c24-16-12-14(8-9-15(16)20(27)28)22-18(25)7-4-10-23-19(26)17(30-21(23)29)11-13-5-2-1-3-6-13/h1-3,5-6,8-9,11-12,24H,4,7,10H2,(H,22,25)(H,27,28)/b17-11+. The topological polar surface area (TPSA) is 107 Å². The van der Waals surface area contributed by atoms with E-state index < -0.39 is 11.7 Å². The molecule has 0 atom stereocenters. The maximum atomic E-state index is 12.6. The zero-order valence-electron chi connectivity index (χ0n) is 15.7. The van der Waals surface area contributed by atoms with Gasteiger partial charge in [-0.2, -0.15) is 0 Å². The van der Waals surface area contributed by atoms with E-state index in [0.29, 0.717) is 27.9 Å². The van der Waals surface area contributed by atoms with Crippen molar-refractivity contribution in [2.75, 3.05) is 11.9 Å². The first-order chi connectivity index (χ1) is 14.3. The first-order valence-electron chi connectivity index (χ1n) is 9.02. The molecule has 30 heavy (non-hydrogen) atoms. The number of nitrogens with one attached hydrogen (secondary N) is 1. The van der Waals surface area contributed by atoms with Gasteiger partial charge in [0.05, 0.1) is 4.91 Å². The molecule has 2 amide bonds. The van der Waals surface area contributed by atoms with E-state index in [1.54, 1.807) is 6.08 Å². The summed E-state index contributed by atoms with van der Waals surface area (Å²) in [5.41, 5.74) is 0.958. The number of rotatable bonds is 7. The van der Waals surface area contributed by atoms with Crippen molar-refractivity contribution in [3.8, 4) is 5.75 Å². The largest absolute Gasteiger partial charge is 0.507 e. The number of carbonyl (C=O) groups is 3. The van der Waals surface area contributed by atoms with E-state index in [4.69, 9.17) is 17.3 Å². The molecule has 1 aliphatic heterocycles. The zero-order chi connectivity index (χ0) is 21.7. The second-order valence-corrected chi connectivity index (χ2v) is 8.11. The number of benzene rings is 2. The lowest BCUT2D eigenvalue weighted by molar-refractivity contribution is -0.122. The number of nitrogens with zero attached hydrogens (tertiary/aromatic N) is 1. The molecule has 2 aromatic carbocycles. The minimum absolute atomic E-state index is 0.135. The molecule has 0 bridgehead atoms. The molecule has 1 saturated heterocycles. The Morgan fingerprint density at radius 2 is 1.90 bits per heavy atom. The van der Waals surface area contributed by atoms with Gasteiger partial charge in [-0.05, 0) is 30.2 Å². The summed E-state index contributed by atoms with van der Waals surface area (Å²) < 4.78 is 0.455. The van der Waals surface area contributed by atoms with Crippen molar-refractivity contribution >= 4 is 57.8 Å². The lowest BCUT2D eigenvalue weighted by Gasteiger charge is -2.14. The Labute approximate surface area is 182 Å². The molecule has 0 aromatic heterocycles. The molecule has 3 rings (SSSR count). The third-order valence-corrected chi connectivity index (χ3v) is 5.65. The lowest BCUT2D eigenvalue weighted by Crippen LogP contribution is -2.29. The highest BCUT2D eigenvalue weighted by molar-refractivity contribution is 8.26. The third-order valence-electron chi connectivity index (χ3n) is 4.27. The predicted molar refractivity (Wildman–Crippen MR) is 119 cm³/mol. The Morgan fingerprint density at radius 3 is 2.57 bits per heavy atom. The number of carbonyl (C=O) groups excluding carboxylic acids is 2. The van der Waals surface area contributed by atoms with Crippen LogP contribution in [0.3, 0.4) is 0 Å². The lowest BCUT2D eigenvalue weighted by atomic mass is 10.1. The minimum Gasteiger partial charge on any atom is -0.507 e. The molecule has 0 spiro atoms. The molecule has 1 fully saturated rings. The van der Waals surface area contributed by atoms with E-state index in [1.807, 2.05) is 30.3 Å². The molecule has 0 aliphatic carbocycles. The van der Waals surface area contributed by atoms with E-state index in [-0.39, 0.29) is 23.8 Å². The van der Waals surface area contributed by atoms with Crippen LogP contribution in [0, 0.1) is 0 Å². The van der Waals surface area contributed by atoms with Crippen LogP contribution in [-0.2, 0) is 9.59 Å². The zero-order valence-corrected chi connectivity index (χ0v) is 17.3. The van der Waals surface area contributed by atoms with Crippen molar-refractivity contribution < 1.29 is 24.6 Å². The van der Waals surface area contributed by atoms with Crippen molar-refractivity contribution in [1.29, 1.82) is 0 Å². The number of hydrogen-bond donors (Lipinski definition) is 3. The summed E-state index contributed by atoms with van der Waals surface area (Å²) in [6.45, 7) is 0.313. The van der Waals surface area contributed by atoms with E-state index in [0.717, 1.165) is 5.56 Å². The number of aromatic hydroxyl groups is 1. The fourth-order valence-corrected chi connectivity index (χ4v) is 4.11. The SMILES string of the molecule is O=C(CCCN1C(=O)/C(=C\c2ccccc2)SC1=S)Nc1ccc(C(=O)O)c(O)c1. The number of phenols is 1. The quantitative estimate of drug-likeness (QED) is 0.443. The van der Waals surface area contributed by atoms with Crippen molar-refractivity contribution in [2.45, 2.75) is 12.8 Å². The van der Waals surface area contributed by atoms with Gasteiger partial charge in [0.15, 0.2) is 0 Å². The first kappa shape index (κ1) is 21.5. The number of carboxylic acids is 1. The van der Waals surface area contributed by atoms with Crippen LogP contribution < -0.4 is 5.32 Å². The Hall–Kier alpha value is -3.17. The highest BCUT2D eigenvalue weighted by Crippen LogP contribution is 2.32. The average Bonchev–Trinajstić information content (AvgIpc) is 2.96. The average molecular weight is 443 g/mol. The maximum Gasteiger partial charge on any atom is 0.339 e. The van der Waals surface area contributed by atoms with Crippen LogP contribution in [0.1, 0.15) is 28.8 Å². The molecule has 2 aromatic rings. The van der Waals surface area contributed by atoms with Crippen LogP contribution in [0.5, 0.6) is 5.75 Å². The monoisotopic (exact) mass is 442 g/mol. The molecule has 9 heteroatoms. The third kappa shape index (κ3) is 5.25. The van der Waals surface area contributed by atoms with Crippen LogP contribution in [0.4, 0.5) is 5.69 Å². The van der Waals surface area contributed by atoms with Crippen molar-refractivity contribution in [3.63, 3.8) is 0 Å². The summed E-state index contributed by atoms with van der Waals surface area (Å²) in [6, 6.07) is 13.3. The number of thiocarbonyl (C=S) groups is 1. The van der Waals surface area contributed by atoms with Gasteiger partial charge in [0, 0.05) is 24.7 Å². The van der Waals surface area contributed by atoms with Gasteiger partial charge in [0.2, 0.25) is 5.91 Å². The van der Waals surface area contributed by atoms with Crippen LogP contribution in [-0.4, -0.2) is 43.8 Å². The van der Waals surface area contributed by atoms with Gasteiger partial charge in [0.1, 0.15) is 15.6 Å². The molecule has 154 valence electrons. The van der Waals surface area contributed by atoms with Gasteiger partial charge in [-0.3, -0.25) is 14.5 Å². The van der Waals surface area contributed by atoms with E-state index in [2.05, 4.69) is 5.32 Å². The van der Waals surface area contributed by atoms with Crippen LogP contribution in [0.2, 0.25) is 0 Å². The molecule has 7 nitrogen and oxygen atoms in total. The summed E-state index contributed by atoms with van der Waals surface area (Å²) in [5, 5.41) is 21.2. The molecule has 1 heterocycles. The highest BCUT2D eigenvalue weighted by Gasteiger charge is 2.31. The van der Waals surface area contributed by atoms with Gasteiger partial charge < -0.3 is 15.5 Å². The highest BCUT2D eigenvalue weighted by atomic mass is 32.2. The summed E-state index contributed by atoms with van der Waals surface area (Å²) in [7, 11) is 0. The molecule has 3 N–H and O–H groups in total. The number of hydrogen-bond acceptors (Lipinski definition) is 6. The van der Waals surface area contributed by atoms with Crippen molar-refractivity contribution in [1.82, 2.24) is 4.90 Å². The van der Waals surface area contributed by atoms with Gasteiger partial charge in [-0.15, -0.1) is 0 Å². The Kier molecular flexibility index (Phi) is 6.86. The molecular weight excluding hydrogens is 424 g/mol. The molecule has 1 aliphatic rings. The second-order valence-electron chi connectivity index (χ2n) is 6.43. The fourth-order valence-electron chi connectivity index (χ4n) is 2.80. The number of anilines is 1. The predicted octanol–water partition coefficient (Wildman–Crippen LogP) is 3.71. The van der Waals surface area contributed by atoms with Gasteiger partial charge >= 0.3 is 5.97 Å². The fraction of sp³-hybridized carbons (Fsp3) is 0.143. The Morgan fingerprint density at radius 1 is 1.17 bits per heavy atom. The summed E-state index contributed by atoms with van der Waals surface area (Å²) in [4.78, 5) is 37.6.